The Hall–Kier alpha value is -2.48. The maximum Gasteiger partial charge on any atom is 0.277 e. The summed E-state index contributed by atoms with van der Waals surface area (Å²) in [4.78, 5) is 11.9. The number of benzene rings is 2. The molecule has 1 aromatic heterocycles. The summed E-state index contributed by atoms with van der Waals surface area (Å²) < 4.78 is 17.2. The van der Waals surface area contributed by atoms with Crippen molar-refractivity contribution in [1.82, 2.24) is 5.43 Å². The summed E-state index contributed by atoms with van der Waals surface area (Å²) in [6.07, 6.45) is 1.38. The molecule has 1 heterocycles. The maximum atomic E-state index is 11.9. The Morgan fingerprint density at radius 1 is 1.17 bits per heavy atom. The Bertz CT molecular complexity index is 1050. The smallest absolute Gasteiger partial charge is 0.277 e. The largest absolute Gasteiger partial charge is 0.493 e. The molecule has 3 aromatic rings. The van der Waals surface area contributed by atoms with Crippen LogP contribution in [0.25, 0.3) is 11.3 Å². The molecule has 9 heteroatoms. The van der Waals surface area contributed by atoms with Crippen LogP contribution in [0, 0.1) is 0 Å². The lowest BCUT2D eigenvalue weighted by molar-refractivity contribution is -0.123. The number of furan rings is 1. The van der Waals surface area contributed by atoms with Gasteiger partial charge in [0.15, 0.2) is 18.1 Å². The third-order valence-electron chi connectivity index (χ3n) is 3.69. The number of carbonyl (C=O) groups is 1. The van der Waals surface area contributed by atoms with Crippen LogP contribution in [0.2, 0.25) is 10.0 Å². The van der Waals surface area contributed by atoms with Gasteiger partial charge in [-0.3, -0.25) is 4.79 Å². The molecule has 29 heavy (non-hydrogen) atoms. The number of carbonyl (C=O) groups excluding carboxylic acids is 1. The highest BCUT2D eigenvalue weighted by molar-refractivity contribution is 9.10. The number of ether oxygens (including phenoxy) is 2. The zero-order valence-corrected chi connectivity index (χ0v) is 18.2. The zero-order valence-electron chi connectivity index (χ0n) is 15.1. The van der Waals surface area contributed by atoms with Crippen molar-refractivity contribution in [3.8, 4) is 22.8 Å². The average Bonchev–Trinajstić information content (AvgIpc) is 3.15. The van der Waals surface area contributed by atoms with Gasteiger partial charge in [-0.25, -0.2) is 5.43 Å². The molecule has 0 atom stereocenters. The van der Waals surface area contributed by atoms with E-state index in [-0.39, 0.29) is 6.61 Å². The molecule has 1 N–H and O–H groups in total. The van der Waals surface area contributed by atoms with Crippen molar-refractivity contribution in [2.24, 2.45) is 5.10 Å². The Labute approximate surface area is 185 Å². The Balaban J connectivity index is 1.55. The fraction of sp³-hybridized carbons (Fsp3) is 0.100. The van der Waals surface area contributed by atoms with Gasteiger partial charge >= 0.3 is 0 Å². The molecule has 150 valence electrons. The predicted octanol–water partition coefficient (Wildman–Crippen LogP) is 5.55. The standard InChI is InChI=1S/C20H15BrCl2N2O4/c1-27-19-8-12(21)2-6-18(19)28-11-20(26)25-24-10-14-4-7-17(29-14)15-5-3-13(22)9-16(15)23/h2-10H,11H2,1H3,(H,25,26)/b24-10+. The first-order valence-corrected chi connectivity index (χ1v) is 9.84. The van der Waals surface area contributed by atoms with E-state index < -0.39 is 5.91 Å². The first-order valence-electron chi connectivity index (χ1n) is 8.30. The summed E-state index contributed by atoms with van der Waals surface area (Å²) in [5.41, 5.74) is 3.08. The zero-order chi connectivity index (χ0) is 20.8. The lowest BCUT2D eigenvalue weighted by Crippen LogP contribution is -2.24. The van der Waals surface area contributed by atoms with Crippen molar-refractivity contribution in [3.05, 3.63) is 68.8 Å². The van der Waals surface area contributed by atoms with Crippen molar-refractivity contribution < 1.29 is 18.7 Å². The van der Waals surface area contributed by atoms with Crippen LogP contribution < -0.4 is 14.9 Å². The van der Waals surface area contributed by atoms with Gasteiger partial charge < -0.3 is 13.9 Å². The average molecular weight is 498 g/mol. The number of nitrogens with one attached hydrogen (secondary N) is 1. The summed E-state index contributed by atoms with van der Waals surface area (Å²) >= 11 is 15.4. The van der Waals surface area contributed by atoms with Gasteiger partial charge in [0.25, 0.3) is 5.91 Å². The number of hydrazone groups is 1. The lowest BCUT2D eigenvalue weighted by Gasteiger charge is -2.09. The molecule has 0 aliphatic carbocycles. The Kier molecular flexibility index (Phi) is 7.19. The minimum atomic E-state index is -0.432. The molecule has 3 rings (SSSR count). The Morgan fingerprint density at radius 3 is 2.76 bits per heavy atom. The van der Waals surface area contributed by atoms with Gasteiger partial charge in [0.05, 0.1) is 18.3 Å². The van der Waals surface area contributed by atoms with Crippen LogP contribution in [0.3, 0.4) is 0 Å². The fourth-order valence-corrected chi connectivity index (χ4v) is 3.20. The molecule has 2 aromatic carbocycles. The first-order chi connectivity index (χ1) is 14.0. The normalized spacial score (nSPS) is 10.9. The second kappa shape index (κ2) is 9.82. The third-order valence-corrected chi connectivity index (χ3v) is 4.73. The molecule has 0 fully saturated rings. The van der Waals surface area contributed by atoms with Crippen LogP contribution in [-0.4, -0.2) is 25.8 Å². The monoisotopic (exact) mass is 496 g/mol. The molecule has 0 radical (unpaired) electrons. The van der Waals surface area contributed by atoms with E-state index in [0.29, 0.717) is 38.6 Å². The van der Waals surface area contributed by atoms with Crippen molar-refractivity contribution >= 4 is 51.3 Å². The van der Waals surface area contributed by atoms with Crippen LogP contribution >= 0.6 is 39.1 Å². The van der Waals surface area contributed by atoms with E-state index >= 15 is 0 Å². The minimum Gasteiger partial charge on any atom is -0.493 e. The minimum absolute atomic E-state index is 0.223. The van der Waals surface area contributed by atoms with Crippen LogP contribution in [0.4, 0.5) is 0 Å². The molecule has 0 unspecified atom stereocenters. The van der Waals surface area contributed by atoms with Crippen LogP contribution in [0.5, 0.6) is 11.5 Å². The van der Waals surface area contributed by atoms with Crippen molar-refractivity contribution in [3.63, 3.8) is 0 Å². The number of methoxy groups -OCH3 is 1. The van der Waals surface area contributed by atoms with Crippen LogP contribution in [-0.2, 0) is 4.79 Å². The second-order valence-corrected chi connectivity index (χ2v) is 7.46. The van der Waals surface area contributed by atoms with E-state index in [9.17, 15) is 4.79 Å². The molecular weight excluding hydrogens is 483 g/mol. The van der Waals surface area contributed by atoms with Gasteiger partial charge in [-0.1, -0.05) is 39.1 Å². The molecule has 6 nitrogen and oxygen atoms in total. The predicted molar refractivity (Wildman–Crippen MR) is 116 cm³/mol. The van der Waals surface area contributed by atoms with Gasteiger partial charge in [0, 0.05) is 15.1 Å². The third kappa shape index (κ3) is 5.76. The molecule has 0 aliphatic rings. The van der Waals surface area contributed by atoms with E-state index in [1.807, 2.05) is 0 Å². The second-order valence-electron chi connectivity index (χ2n) is 5.70. The number of hydrogen-bond acceptors (Lipinski definition) is 5. The summed E-state index contributed by atoms with van der Waals surface area (Å²) in [7, 11) is 1.52. The van der Waals surface area contributed by atoms with Crippen molar-refractivity contribution in [2.75, 3.05) is 13.7 Å². The van der Waals surface area contributed by atoms with Crippen molar-refractivity contribution in [2.45, 2.75) is 0 Å². The molecule has 0 aliphatic heterocycles. The summed E-state index contributed by atoms with van der Waals surface area (Å²) in [5.74, 6) is 1.54. The highest BCUT2D eigenvalue weighted by atomic mass is 79.9. The maximum absolute atomic E-state index is 11.9. The highest BCUT2D eigenvalue weighted by Crippen LogP contribution is 2.31. The van der Waals surface area contributed by atoms with Gasteiger partial charge in [0.2, 0.25) is 0 Å². The summed E-state index contributed by atoms with van der Waals surface area (Å²) in [5, 5.41) is 4.88. The topological polar surface area (TPSA) is 73.1 Å². The van der Waals surface area contributed by atoms with Crippen LogP contribution in [0.15, 0.2) is 62.5 Å². The number of nitrogens with zero attached hydrogens (tertiary/aromatic N) is 1. The van der Waals surface area contributed by atoms with E-state index in [0.717, 1.165) is 4.47 Å². The molecule has 0 spiro atoms. The SMILES string of the molecule is COc1cc(Br)ccc1OCC(=O)N/N=C/c1ccc(-c2ccc(Cl)cc2Cl)o1. The Morgan fingerprint density at radius 2 is 2.00 bits per heavy atom. The van der Waals surface area contributed by atoms with Gasteiger partial charge in [-0.2, -0.15) is 5.10 Å². The molecule has 1 amide bonds. The van der Waals surface area contributed by atoms with Crippen molar-refractivity contribution in [1.29, 1.82) is 0 Å². The van der Waals surface area contributed by atoms with E-state index in [1.165, 1.54) is 13.3 Å². The van der Waals surface area contributed by atoms with Gasteiger partial charge in [0.1, 0.15) is 11.5 Å². The number of hydrogen-bond donors (Lipinski definition) is 1. The quantitative estimate of drug-likeness (QED) is 0.343. The molecule has 0 saturated heterocycles. The highest BCUT2D eigenvalue weighted by Gasteiger charge is 2.09. The molecule has 0 saturated carbocycles. The first kappa shape index (κ1) is 21.2. The van der Waals surface area contributed by atoms with Gasteiger partial charge in [-0.15, -0.1) is 0 Å². The van der Waals surface area contributed by atoms with Crippen LogP contribution in [0.1, 0.15) is 5.76 Å². The van der Waals surface area contributed by atoms with Gasteiger partial charge in [-0.05, 0) is 48.5 Å². The fourth-order valence-electron chi connectivity index (χ4n) is 2.36. The summed E-state index contributed by atoms with van der Waals surface area (Å²) in [6, 6.07) is 13.8. The van der Waals surface area contributed by atoms with E-state index in [1.54, 1.807) is 48.5 Å². The molecule has 0 bridgehead atoms. The molecular formula is C20H15BrCl2N2O4. The lowest BCUT2D eigenvalue weighted by atomic mass is 10.2. The number of amides is 1. The van der Waals surface area contributed by atoms with E-state index in [4.69, 9.17) is 37.1 Å². The number of halogens is 3. The summed E-state index contributed by atoms with van der Waals surface area (Å²) in [6.45, 7) is -0.223. The van der Waals surface area contributed by atoms with E-state index in [2.05, 4.69) is 26.5 Å². The number of rotatable bonds is 7.